The third-order valence-corrected chi connectivity index (χ3v) is 4.41. The van der Waals surface area contributed by atoms with Crippen molar-refractivity contribution in [2.75, 3.05) is 6.54 Å². The Kier molecular flexibility index (Phi) is 2.08. The van der Waals surface area contributed by atoms with E-state index in [-0.39, 0.29) is 0 Å². The number of nitrogens with one attached hydrogen (secondary N) is 1. The number of rotatable bonds is 2. The fraction of sp³-hybridized carbons (Fsp3) is 0.538. The smallest absolute Gasteiger partial charge is 0.0406 e. The topological polar surface area (TPSA) is 12.0 Å². The fourth-order valence-corrected chi connectivity index (χ4v) is 3.29. The third kappa shape index (κ3) is 1.33. The summed E-state index contributed by atoms with van der Waals surface area (Å²) in [7, 11) is 0. The second-order valence-electron chi connectivity index (χ2n) is 4.87. The molecule has 1 aliphatic carbocycles. The second-order valence-corrected chi connectivity index (χ2v) is 5.31. The molecule has 0 bridgehead atoms. The Morgan fingerprint density at radius 2 is 2.13 bits per heavy atom. The van der Waals surface area contributed by atoms with Crippen LogP contribution in [0.15, 0.2) is 24.3 Å². The zero-order chi connectivity index (χ0) is 10.5. The van der Waals surface area contributed by atoms with Crippen LogP contribution < -0.4 is 5.32 Å². The summed E-state index contributed by atoms with van der Waals surface area (Å²) in [5.41, 5.74) is 1.92. The zero-order valence-corrected chi connectivity index (χ0v) is 9.72. The summed E-state index contributed by atoms with van der Waals surface area (Å²) in [6, 6.07) is 9.16. The van der Waals surface area contributed by atoms with Crippen molar-refractivity contribution in [2.24, 2.45) is 5.92 Å². The minimum atomic E-state index is 0.450. The largest absolute Gasteiger partial charge is 0.313 e. The highest BCUT2D eigenvalue weighted by Gasteiger charge is 2.61. The van der Waals surface area contributed by atoms with E-state index < -0.39 is 0 Å². The monoisotopic (exact) mass is 221 g/mol. The Morgan fingerprint density at radius 3 is 2.67 bits per heavy atom. The third-order valence-electron chi connectivity index (χ3n) is 4.16. The molecule has 0 radical (unpaired) electrons. The summed E-state index contributed by atoms with van der Waals surface area (Å²) in [6.45, 7) is 3.42. The molecule has 1 saturated carbocycles. The number of hydrogen-bond donors (Lipinski definition) is 1. The van der Waals surface area contributed by atoms with Gasteiger partial charge in [0.05, 0.1) is 0 Å². The number of benzene rings is 1. The quantitative estimate of drug-likeness (QED) is 0.810. The molecule has 1 aromatic carbocycles. The summed E-state index contributed by atoms with van der Waals surface area (Å²) in [4.78, 5) is 0. The highest BCUT2D eigenvalue weighted by atomic mass is 35.5. The molecule has 80 valence electrons. The first-order valence-electron chi connectivity index (χ1n) is 5.76. The SMILES string of the molecule is CCC1NCC2(c3ccc(Cl)cc3)CC12. The summed E-state index contributed by atoms with van der Waals surface area (Å²) in [5.74, 6) is 0.865. The molecule has 3 unspecified atom stereocenters. The summed E-state index contributed by atoms with van der Waals surface area (Å²) < 4.78 is 0. The van der Waals surface area contributed by atoms with Crippen LogP contribution in [0.1, 0.15) is 25.3 Å². The Balaban J connectivity index is 1.88. The van der Waals surface area contributed by atoms with Gasteiger partial charge in [0.25, 0.3) is 0 Å². The minimum absolute atomic E-state index is 0.450. The molecule has 0 amide bonds. The molecule has 1 heterocycles. The lowest BCUT2D eigenvalue weighted by Crippen LogP contribution is -2.26. The van der Waals surface area contributed by atoms with E-state index >= 15 is 0 Å². The maximum absolute atomic E-state index is 5.92. The maximum Gasteiger partial charge on any atom is 0.0406 e. The van der Waals surface area contributed by atoms with Gasteiger partial charge in [-0.1, -0.05) is 30.7 Å². The van der Waals surface area contributed by atoms with Crippen LogP contribution >= 0.6 is 11.6 Å². The van der Waals surface area contributed by atoms with Crippen molar-refractivity contribution < 1.29 is 0 Å². The molecule has 2 heteroatoms. The van der Waals surface area contributed by atoms with E-state index in [1.165, 1.54) is 18.4 Å². The first-order valence-corrected chi connectivity index (χ1v) is 6.13. The van der Waals surface area contributed by atoms with Crippen molar-refractivity contribution in [3.05, 3.63) is 34.9 Å². The molecule has 2 fully saturated rings. The van der Waals surface area contributed by atoms with Crippen LogP contribution in [0.4, 0.5) is 0 Å². The van der Waals surface area contributed by atoms with Gasteiger partial charge < -0.3 is 5.32 Å². The molecule has 1 saturated heterocycles. The maximum atomic E-state index is 5.92. The van der Waals surface area contributed by atoms with Gasteiger partial charge in [0.2, 0.25) is 0 Å². The number of piperidine rings is 1. The lowest BCUT2D eigenvalue weighted by atomic mass is 9.94. The van der Waals surface area contributed by atoms with Crippen LogP contribution in [-0.2, 0) is 5.41 Å². The number of halogens is 1. The molecule has 0 spiro atoms. The van der Waals surface area contributed by atoms with Crippen LogP contribution in [0.5, 0.6) is 0 Å². The van der Waals surface area contributed by atoms with E-state index in [1.54, 1.807) is 0 Å². The molecule has 15 heavy (non-hydrogen) atoms. The molecule has 2 aliphatic rings. The van der Waals surface area contributed by atoms with E-state index in [9.17, 15) is 0 Å². The van der Waals surface area contributed by atoms with Crippen LogP contribution in [0, 0.1) is 5.92 Å². The number of hydrogen-bond acceptors (Lipinski definition) is 1. The lowest BCUT2D eigenvalue weighted by Gasteiger charge is -2.11. The fourth-order valence-electron chi connectivity index (χ4n) is 3.16. The van der Waals surface area contributed by atoms with Gasteiger partial charge in [-0.3, -0.25) is 0 Å². The zero-order valence-electron chi connectivity index (χ0n) is 8.96. The van der Waals surface area contributed by atoms with Gasteiger partial charge in [0.1, 0.15) is 0 Å². The van der Waals surface area contributed by atoms with Gasteiger partial charge in [-0.05, 0) is 36.5 Å². The first-order chi connectivity index (χ1) is 7.26. The van der Waals surface area contributed by atoms with E-state index in [1.807, 2.05) is 12.1 Å². The van der Waals surface area contributed by atoms with Crippen molar-refractivity contribution in [3.8, 4) is 0 Å². The lowest BCUT2D eigenvalue weighted by molar-refractivity contribution is 0.519. The van der Waals surface area contributed by atoms with Gasteiger partial charge in [-0.15, -0.1) is 0 Å². The highest BCUT2D eigenvalue weighted by molar-refractivity contribution is 6.30. The van der Waals surface area contributed by atoms with Gasteiger partial charge in [-0.25, -0.2) is 0 Å². The highest BCUT2D eigenvalue weighted by Crippen LogP contribution is 2.59. The van der Waals surface area contributed by atoms with Crippen molar-refractivity contribution in [2.45, 2.75) is 31.2 Å². The molecule has 1 nitrogen and oxygen atoms in total. The van der Waals surface area contributed by atoms with Crippen molar-refractivity contribution in [1.82, 2.24) is 5.32 Å². The predicted octanol–water partition coefficient (Wildman–Crippen LogP) is 2.98. The van der Waals surface area contributed by atoms with E-state index in [4.69, 9.17) is 11.6 Å². The van der Waals surface area contributed by atoms with Gasteiger partial charge in [0, 0.05) is 23.0 Å². The van der Waals surface area contributed by atoms with Gasteiger partial charge in [-0.2, -0.15) is 0 Å². The summed E-state index contributed by atoms with van der Waals surface area (Å²) in [5, 5.41) is 4.47. The molecule has 1 aromatic rings. The summed E-state index contributed by atoms with van der Waals surface area (Å²) >= 11 is 5.92. The molecule has 3 atom stereocenters. The van der Waals surface area contributed by atoms with Crippen LogP contribution in [-0.4, -0.2) is 12.6 Å². The Morgan fingerprint density at radius 1 is 1.40 bits per heavy atom. The Labute approximate surface area is 95.8 Å². The molecule has 1 aliphatic heterocycles. The first kappa shape index (κ1) is 9.68. The van der Waals surface area contributed by atoms with E-state index in [0.29, 0.717) is 5.41 Å². The Hall–Kier alpha value is -0.530. The van der Waals surface area contributed by atoms with E-state index in [2.05, 4.69) is 24.4 Å². The molecule has 3 rings (SSSR count). The van der Waals surface area contributed by atoms with Crippen LogP contribution in [0.3, 0.4) is 0 Å². The van der Waals surface area contributed by atoms with Gasteiger partial charge >= 0.3 is 0 Å². The minimum Gasteiger partial charge on any atom is -0.313 e. The second kappa shape index (κ2) is 3.23. The molecular weight excluding hydrogens is 206 g/mol. The van der Waals surface area contributed by atoms with Crippen LogP contribution in [0.25, 0.3) is 0 Å². The predicted molar refractivity (Wildman–Crippen MR) is 63.3 cm³/mol. The van der Waals surface area contributed by atoms with Crippen molar-refractivity contribution in [1.29, 1.82) is 0 Å². The number of fused-ring (bicyclic) bond motifs is 1. The normalized spacial score (nSPS) is 37.7. The molecule has 1 N–H and O–H groups in total. The Bertz CT molecular complexity index is 373. The molecule has 0 aromatic heterocycles. The molecular formula is C13H16ClN. The average Bonchev–Trinajstić information content (AvgIpc) is 2.88. The van der Waals surface area contributed by atoms with Crippen molar-refractivity contribution >= 4 is 11.6 Å². The average molecular weight is 222 g/mol. The van der Waals surface area contributed by atoms with Crippen molar-refractivity contribution in [3.63, 3.8) is 0 Å². The summed E-state index contributed by atoms with van der Waals surface area (Å²) in [6.07, 6.45) is 2.61. The van der Waals surface area contributed by atoms with Crippen LogP contribution in [0.2, 0.25) is 5.02 Å². The standard InChI is InChI=1S/C13H16ClN/c1-2-12-11-7-13(11,8-15-12)9-3-5-10(14)6-4-9/h3-6,11-12,15H,2,7-8H2,1H3. The van der Waals surface area contributed by atoms with Gasteiger partial charge in [0.15, 0.2) is 0 Å². The van der Waals surface area contributed by atoms with E-state index in [0.717, 1.165) is 23.5 Å².